The van der Waals surface area contributed by atoms with Gasteiger partial charge >= 0.3 is 6.18 Å². The Morgan fingerprint density at radius 3 is 2.03 bits per heavy atom. The van der Waals surface area contributed by atoms with Crippen molar-refractivity contribution < 1.29 is 37.2 Å². The lowest BCUT2D eigenvalue weighted by Crippen LogP contribution is -2.41. The summed E-state index contributed by atoms with van der Waals surface area (Å²) in [6.07, 6.45) is -4.56. The summed E-state index contributed by atoms with van der Waals surface area (Å²) in [4.78, 5) is 35.3. The summed E-state index contributed by atoms with van der Waals surface area (Å²) < 4.78 is 48.7. The first-order chi connectivity index (χ1) is 16.1. The van der Waals surface area contributed by atoms with Crippen LogP contribution in [0.2, 0.25) is 0 Å². The van der Waals surface area contributed by atoms with Gasteiger partial charge in [-0.25, -0.2) is 0 Å². The number of methoxy groups -OCH3 is 1. The summed E-state index contributed by atoms with van der Waals surface area (Å²) in [5, 5.41) is 11.1. The van der Waals surface area contributed by atoms with Crippen LogP contribution in [0.25, 0.3) is 0 Å². The summed E-state index contributed by atoms with van der Waals surface area (Å²) in [5.74, 6) is -1.04. The van der Waals surface area contributed by atoms with Gasteiger partial charge in [0.15, 0.2) is 0 Å². The number of carbonyl (C=O) groups is 2. The molecule has 0 radical (unpaired) electrons. The van der Waals surface area contributed by atoms with E-state index < -0.39 is 34.2 Å². The maximum absolute atomic E-state index is 12.7. The average Bonchev–Trinajstić information content (AvgIpc) is 2.82. The molecule has 0 atom stereocenters. The Morgan fingerprint density at radius 1 is 0.882 bits per heavy atom. The van der Waals surface area contributed by atoms with Crippen molar-refractivity contribution in [3.63, 3.8) is 0 Å². The van der Waals surface area contributed by atoms with Crippen LogP contribution in [-0.2, 0) is 6.18 Å². The van der Waals surface area contributed by atoms with Crippen LogP contribution < -0.4 is 20.3 Å². The van der Waals surface area contributed by atoms with Gasteiger partial charge in [-0.2, -0.15) is 13.2 Å². The molecule has 9 nitrogen and oxygen atoms in total. The standard InChI is InChI=1S/C22H16F3N3O6/c1-33-16-7-9-17(10-8-16)34-19-11-6-15(28(31)32)12-18(19)21(30)27-26-20(29)13-2-4-14(5-3-13)22(23,24)25/h2-12H,1H3,(H,26,29)(H,27,30). The van der Waals surface area contributed by atoms with Crippen molar-refractivity contribution in [3.8, 4) is 17.2 Å². The molecule has 0 unspecified atom stereocenters. The molecule has 0 saturated carbocycles. The normalized spacial score (nSPS) is 10.8. The number of non-ortho nitro benzene ring substituents is 1. The number of nitrogens with one attached hydrogen (secondary N) is 2. The van der Waals surface area contributed by atoms with Crippen LogP contribution in [-0.4, -0.2) is 23.8 Å². The number of hydrazine groups is 1. The van der Waals surface area contributed by atoms with E-state index >= 15 is 0 Å². The number of nitro groups is 1. The quantitative estimate of drug-likeness (QED) is 0.401. The van der Waals surface area contributed by atoms with Crippen molar-refractivity contribution in [3.05, 3.63) is 93.5 Å². The number of benzene rings is 3. The van der Waals surface area contributed by atoms with Gasteiger partial charge in [0.1, 0.15) is 17.2 Å². The van der Waals surface area contributed by atoms with E-state index in [1.165, 1.54) is 13.2 Å². The van der Waals surface area contributed by atoms with Gasteiger partial charge in [-0.3, -0.25) is 30.6 Å². The van der Waals surface area contributed by atoms with E-state index in [2.05, 4.69) is 5.43 Å². The molecule has 176 valence electrons. The molecule has 2 amide bonds. The molecule has 0 heterocycles. The first-order valence-corrected chi connectivity index (χ1v) is 9.47. The fraction of sp³-hybridized carbons (Fsp3) is 0.0909. The lowest BCUT2D eigenvalue weighted by atomic mass is 10.1. The molecule has 0 aliphatic heterocycles. The molecule has 0 bridgehead atoms. The second-order valence-corrected chi connectivity index (χ2v) is 6.70. The van der Waals surface area contributed by atoms with E-state index in [-0.39, 0.29) is 16.9 Å². The summed E-state index contributed by atoms with van der Waals surface area (Å²) in [6, 6.07) is 12.9. The van der Waals surface area contributed by atoms with E-state index in [4.69, 9.17) is 9.47 Å². The van der Waals surface area contributed by atoms with E-state index in [1.807, 2.05) is 5.43 Å². The maximum Gasteiger partial charge on any atom is 0.416 e. The van der Waals surface area contributed by atoms with Crippen LogP contribution in [0.5, 0.6) is 17.2 Å². The monoisotopic (exact) mass is 475 g/mol. The van der Waals surface area contributed by atoms with Gasteiger partial charge in [0, 0.05) is 17.7 Å². The molecule has 0 aliphatic rings. The minimum atomic E-state index is -4.56. The molecular formula is C22H16F3N3O6. The first-order valence-electron chi connectivity index (χ1n) is 9.47. The van der Waals surface area contributed by atoms with Gasteiger partial charge in [0.25, 0.3) is 17.5 Å². The van der Waals surface area contributed by atoms with Crippen molar-refractivity contribution in [2.24, 2.45) is 0 Å². The number of carbonyl (C=O) groups excluding carboxylic acids is 2. The van der Waals surface area contributed by atoms with Gasteiger partial charge in [-0.15, -0.1) is 0 Å². The predicted molar refractivity (Wildman–Crippen MR) is 113 cm³/mol. The summed E-state index contributed by atoms with van der Waals surface area (Å²) in [6.45, 7) is 0. The van der Waals surface area contributed by atoms with Crippen molar-refractivity contribution in [2.75, 3.05) is 7.11 Å². The predicted octanol–water partition coefficient (Wildman–Crippen LogP) is 4.49. The zero-order valence-corrected chi connectivity index (χ0v) is 17.4. The number of hydrogen-bond donors (Lipinski definition) is 2. The fourth-order valence-corrected chi connectivity index (χ4v) is 2.73. The minimum Gasteiger partial charge on any atom is -0.497 e. The van der Waals surface area contributed by atoms with Crippen LogP contribution in [0, 0.1) is 10.1 Å². The molecule has 0 fully saturated rings. The van der Waals surface area contributed by atoms with E-state index in [0.717, 1.165) is 36.4 Å². The third-order valence-electron chi connectivity index (χ3n) is 4.47. The Hall–Kier alpha value is -4.61. The van der Waals surface area contributed by atoms with Gasteiger partial charge < -0.3 is 9.47 Å². The molecule has 34 heavy (non-hydrogen) atoms. The Kier molecular flexibility index (Phi) is 7.00. The van der Waals surface area contributed by atoms with E-state index in [0.29, 0.717) is 11.5 Å². The zero-order valence-electron chi connectivity index (χ0n) is 17.4. The Labute approximate surface area is 190 Å². The van der Waals surface area contributed by atoms with Crippen molar-refractivity contribution >= 4 is 17.5 Å². The summed E-state index contributed by atoms with van der Waals surface area (Å²) >= 11 is 0. The van der Waals surface area contributed by atoms with Crippen molar-refractivity contribution in [2.45, 2.75) is 6.18 Å². The third kappa shape index (κ3) is 5.79. The molecule has 0 aromatic heterocycles. The highest BCUT2D eigenvalue weighted by Crippen LogP contribution is 2.30. The molecule has 3 aromatic carbocycles. The van der Waals surface area contributed by atoms with E-state index in [1.54, 1.807) is 24.3 Å². The van der Waals surface area contributed by atoms with Crippen LogP contribution in [0.15, 0.2) is 66.7 Å². The van der Waals surface area contributed by atoms with Crippen molar-refractivity contribution in [1.82, 2.24) is 10.9 Å². The number of amides is 2. The maximum atomic E-state index is 12.7. The van der Waals surface area contributed by atoms with Gasteiger partial charge in [0.2, 0.25) is 0 Å². The number of ether oxygens (including phenoxy) is 2. The number of alkyl halides is 3. The molecule has 0 spiro atoms. The molecular weight excluding hydrogens is 459 g/mol. The Bertz CT molecular complexity index is 1210. The Morgan fingerprint density at radius 2 is 1.47 bits per heavy atom. The molecule has 3 rings (SSSR count). The smallest absolute Gasteiger partial charge is 0.416 e. The van der Waals surface area contributed by atoms with Crippen LogP contribution in [0.4, 0.5) is 18.9 Å². The lowest BCUT2D eigenvalue weighted by Gasteiger charge is -2.13. The second kappa shape index (κ2) is 9.90. The molecule has 0 aliphatic carbocycles. The molecule has 12 heteroatoms. The van der Waals surface area contributed by atoms with Crippen LogP contribution in [0.1, 0.15) is 26.3 Å². The number of nitrogens with zero attached hydrogens (tertiary/aromatic N) is 1. The van der Waals surface area contributed by atoms with Gasteiger partial charge in [-0.05, 0) is 54.6 Å². The largest absolute Gasteiger partial charge is 0.497 e. The number of nitro benzene ring substituents is 1. The average molecular weight is 475 g/mol. The second-order valence-electron chi connectivity index (χ2n) is 6.70. The van der Waals surface area contributed by atoms with Crippen LogP contribution in [0.3, 0.4) is 0 Å². The molecule has 0 saturated heterocycles. The number of hydrogen-bond acceptors (Lipinski definition) is 6. The highest BCUT2D eigenvalue weighted by Gasteiger charge is 2.30. The fourth-order valence-electron chi connectivity index (χ4n) is 2.73. The number of rotatable bonds is 6. The van der Waals surface area contributed by atoms with Crippen LogP contribution >= 0.6 is 0 Å². The number of halogens is 3. The summed E-state index contributed by atoms with van der Waals surface area (Å²) in [7, 11) is 1.48. The van der Waals surface area contributed by atoms with Crippen molar-refractivity contribution in [1.29, 1.82) is 0 Å². The zero-order chi connectivity index (χ0) is 24.9. The minimum absolute atomic E-state index is 0.0444. The van der Waals surface area contributed by atoms with Gasteiger partial charge in [0.05, 0.1) is 23.2 Å². The Balaban J connectivity index is 1.77. The topological polar surface area (TPSA) is 120 Å². The third-order valence-corrected chi connectivity index (χ3v) is 4.47. The van der Waals surface area contributed by atoms with E-state index in [9.17, 15) is 32.9 Å². The highest BCUT2D eigenvalue weighted by atomic mass is 19.4. The van der Waals surface area contributed by atoms with Gasteiger partial charge in [-0.1, -0.05) is 0 Å². The molecule has 3 aromatic rings. The SMILES string of the molecule is COc1ccc(Oc2ccc([N+](=O)[O-])cc2C(=O)NNC(=O)c2ccc(C(F)(F)F)cc2)cc1. The highest BCUT2D eigenvalue weighted by molar-refractivity contribution is 6.01. The lowest BCUT2D eigenvalue weighted by molar-refractivity contribution is -0.384. The first kappa shape index (κ1) is 24.0. The summed E-state index contributed by atoms with van der Waals surface area (Å²) in [5.41, 5.74) is 2.36. The molecule has 2 N–H and O–H groups in total.